The maximum atomic E-state index is 10.4. The zero-order valence-corrected chi connectivity index (χ0v) is 16.3. The van der Waals surface area contributed by atoms with E-state index in [-0.39, 0.29) is 5.92 Å². The molecule has 1 atom stereocenters. The van der Waals surface area contributed by atoms with Gasteiger partial charge in [-0.25, -0.2) is 0 Å². The van der Waals surface area contributed by atoms with Crippen molar-refractivity contribution in [3.63, 3.8) is 0 Å². The molecule has 2 nitrogen and oxygen atoms in total. The van der Waals surface area contributed by atoms with Gasteiger partial charge in [0.2, 0.25) is 0 Å². The molecule has 1 radical (unpaired) electrons. The molecule has 0 saturated carbocycles. The fourth-order valence-electron chi connectivity index (χ4n) is 1.70. The summed E-state index contributed by atoms with van der Waals surface area (Å²) in [5.74, 6) is -0.754. The average molecular weight is 439 g/mol. The SMILES string of the molecule is CCCCC(CC)C(=O)O.C[CH2][Pb]([CH2]C)[CH2]C. The fraction of sp³-hybridized carbons (Fsp3) is 0.929. The first-order valence-corrected chi connectivity index (χ1v) is 15.4. The van der Waals surface area contributed by atoms with Crippen LogP contribution in [0.2, 0.25) is 11.9 Å². The summed E-state index contributed by atoms with van der Waals surface area (Å²) in [4.78, 5) is 10.4. The summed E-state index contributed by atoms with van der Waals surface area (Å²) in [6.45, 7) is 11.1. The molecule has 0 aliphatic rings. The Morgan fingerprint density at radius 3 is 1.71 bits per heavy atom. The summed E-state index contributed by atoms with van der Waals surface area (Å²) >= 11 is -0.789. The van der Waals surface area contributed by atoms with Crippen LogP contribution in [0, 0.1) is 5.92 Å². The van der Waals surface area contributed by atoms with Gasteiger partial charge in [0.1, 0.15) is 0 Å². The number of hydrogen-bond donors (Lipinski definition) is 1. The Balaban J connectivity index is 0. The summed E-state index contributed by atoms with van der Waals surface area (Å²) in [5.41, 5.74) is 0. The molecule has 0 aromatic rings. The third kappa shape index (κ3) is 12.6. The molecule has 0 saturated heterocycles. The van der Waals surface area contributed by atoms with Crippen LogP contribution in [0.3, 0.4) is 0 Å². The van der Waals surface area contributed by atoms with Crippen molar-refractivity contribution in [1.29, 1.82) is 0 Å². The first-order valence-electron chi connectivity index (χ1n) is 7.13. The number of unbranched alkanes of at least 4 members (excludes halogenated alkanes) is 1. The molecule has 0 aliphatic heterocycles. The van der Waals surface area contributed by atoms with Crippen molar-refractivity contribution >= 4 is 28.7 Å². The normalized spacial score (nSPS) is 11.9. The number of carbonyl (C=O) groups is 1. The summed E-state index contributed by atoms with van der Waals surface area (Å²) in [7, 11) is 0. The quantitative estimate of drug-likeness (QED) is 0.551. The van der Waals surface area contributed by atoms with E-state index in [2.05, 4.69) is 27.7 Å². The van der Waals surface area contributed by atoms with Crippen LogP contribution in [-0.2, 0) is 4.79 Å². The van der Waals surface area contributed by atoms with Crippen molar-refractivity contribution in [2.45, 2.75) is 72.2 Å². The van der Waals surface area contributed by atoms with Crippen LogP contribution in [0.25, 0.3) is 0 Å². The Morgan fingerprint density at radius 1 is 1.06 bits per heavy atom. The Hall–Kier alpha value is 0.392. The van der Waals surface area contributed by atoms with E-state index in [0.29, 0.717) is 0 Å². The predicted octanol–water partition coefficient (Wildman–Crippen LogP) is 4.83. The van der Waals surface area contributed by atoms with Gasteiger partial charge in [0.15, 0.2) is 0 Å². The second-order valence-electron chi connectivity index (χ2n) is 4.40. The van der Waals surface area contributed by atoms with E-state index < -0.39 is 28.7 Å². The van der Waals surface area contributed by atoms with E-state index in [1.807, 2.05) is 6.92 Å². The molecule has 0 amide bonds. The molecule has 0 bridgehead atoms. The fourth-order valence-corrected chi connectivity index (χ4v) is 7.53. The van der Waals surface area contributed by atoms with E-state index >= 15 is 0 Å². The Kier molecular flexibility index (Phi) is 16.8. The van der Waals surface area contributed by atoms with E-state index in [1.54, 1.807) is 11.9 Å². The minimum atomic E-state index is -0.789. The molecule has 17 heavy (non-hydrogen) atoms. The zero-order chi connectivity index (χ0) is 13.7. The van der Waals surface area contributed by atoms with E-state index in [0.717, 1.165) is 25.7 Å². The van der Waals surface area contributed by atoms with Crippen LogP contribution in [-0.4, -0.2) is 33.8 Å². The van der Waals surface area contributed by atoms with Gasteiger partial charge >= 0.3 is 61.4 Å². The molecule has 3 heteroatoms. The zero-order valence-electron chi connectivity index (χ0n) is 12.4. The molecular weight excluding hydrogens is 407 g/mol. The predicted molar refractivity (Wildman–Crippen MR) is 78.1 cm³/mol. The van der Waals surface area contributed by atoms with Crippen molar-refractivity contribution in [3.8, 4) is 0 Å². The molecule has 0 spiro atoms. The van der Waals surface area contributed by atoms with Crippen LogP contribution < -0.4 is 0 Å². The summed E-state index contributed by atoms with van der Waals surface area (Å²) in [5, 5.41) is 8.60. The van der Waals surface area contributed by atoms with Crippen molar-refractivity contribution in [2.75, 3.05) is 0 Å². The minimum absolute atomic E-state index is 0.111. The van der Waals surface area contributed by atoms with Gasteiger partial charge in [0.25, 0.3) is 0 Å². The molecule has 0 heterocycles. The number of rotatable bonds is 8. The summed E-state index contributed by atoms with van der Waals surface area (Å²) in [6, 6.07) is 0. The van der Waals surface area contributed by atoms with E-state index in [9.17, 15) is 4.79 Å². The van der Waals surface area contributed by atoms with E-state index in [4.69, 9.17) is 5.11 Å². The van der Waals surface area contributed by atoms with Crippen molar-refractivity contribution in [1.82, 2.24) is 0 Å². The molecule has 0 aromatic carbocycles. The first-order chi connectivity index (χ1) is 8.06. The van der Waals surface area contributed by atoms with Crippen LogP contribution in [0.15, 0.2) is 0 Å². The molecule has 0 aromatic heterocycles. The van der Waals surface area contributed by atoms with Gasteiger partial charge in [0, 0.05) is 0 Å². The monoisotopic (exact) mass is 439 g/mol. The van der Waals surface area contributed by atoms with Gasteiger partial charge in [-0.2, -0.15) is 0 Å². The first kappa shape index (κ1) is 19.7. The van der Waals surface area contributed by atoms with Gasteiger partial charge in [-0.15, -0.1) is 0 Å². The third-order valence-electron chi connectivity index (χ3n) is 3.25. The molecule has 0 fully saturated rings. The summed E-state index contributed by atoms with van der Waals surface area (Å²) < 4.78 is 4.70. The molecule has 103 valence electrons. The van der Waals surface area contributed by atoms with Crippen LogP contribution in [0.4, 0.5) is 0 Å². The summed E-state index contributed by atoms with van der Waals surface area (Å²) in [6.07, 6.45) is 3.71. The third-order valence-corrected chi connectivity index (χ3v) is 14.9. The molecular formula is C14H31O2Pb. The van der Waals surface area contributed by atoms with Crippen molar-refractivity contribution in [2.24, 2.45) is 5.92 Å². The van der Waals surface area contributed by atoms with E-state index in [1.165, 1.54) is 0 Å². The van der Waals surface area contributed by atoms with Crippen LogP contribution in [0.1, 0.15) is 60.3 Å². The average Bonchev–Trinajstić information content (AvgIpc) is 2.33. The molecule has 1 N–H and O–H groups in total. The van der Waals surface area contributed by atoms with Crippen LogP contribution in [0.5, 0.6) is 0 Å². The Morgan fingerprint density at radius 2 is 1.53 bits per heavy atom. The molecule has 0 rings (SSSR count). The van der Waals surface area contributed by atoms with Gasteiger partial charge in [-0.3, -0.25) is 4.79 Å². The standard InChI is InChI=1S/C8H16O2.3C2H5.Pb/c1-3-5-6-7(4-2)8(9)10;3*1-2;/h7H,3-6H2,1-2H3,(H,9,10);3*1H2,2H3;. The number of hydrogen-bond acceptors (Lipinski definition) is 1. The van der Waals surface area contributed by atoms with Gasteiger partial charge < -0.3 is 5.11 Å². The van der Waals surface area contributed by atoms with Gasteiger partial charge in [-0.1, -0.05) is 26.7 Å². The number of carboxylic acid groups (broad SMARTS) is 1. The number of carboxylic acids is 1. The maximum absolute atomic E-state index is 10.4. The van der Waals surface area contributed by atoms with Crippen molar-refractivity contribution in [3.05, 3.63) is 0 Å². The molecule has 0 aliphatic carbocycles. The van der Waals surface area contributed by atoms with Gasteiger partial charge in [-0.05, 0) is 12.8 Å². The second kappa shape index (κ2) is 14.5. The Bertz CT molecular complexity index is 162. The van der Waals surface area contributed by atoms with Crippen molar-refractivity contribution < 1.29 is 9.90 Å². The van der Waals surface area contributed by atoms with Crippen LogP contribution >= 0.6 is 0 Å². The molecule has 1 unspecified atom stereocenters. The Labute approximate surface area is 116 Å². The second-order valence-corrected chi connectivity index (χ2v) is 18.5. The number of aliphatic carboxylic acids is 1. The topological polar surface area (TPSA) is 37.3 Å². The van der Waals surface area contributed by atoms with Gasteiger partial charge in [0.05, 0.1) is 5.92 Å².